The molecular formula is C18H20B2O6S2. The first-order chi connectivity index (χ1) is 13.5. The monoisotopic (exact) mass is 418 g/mol. The second-order valence-electron chi connectivity index (χ2n) is 6.15. The average molecular weight is 418 g/mol. The second kappa shape index (κ2) is 10.3. The first kappa shape index (κ1) is 21.2. The molecule has 0 saturated heterocycles. The summed E-state index contributed by atoms with van der Waals surface area (Å²) in [6.07, 6.45) is 0. The van der Waals surface area contributed by atoms with Crippen LogP contribution < -0.4 is 10.9 Å². The third-order valence-corrected chi connectivity index (χ3v) is 5.96. The molecule has 3 rings (SSSR count). The number of rotatable bonds is 10. The Balaban J connectivity index is 1.43. The predicted octanol–water partition coefficient (Wildman–Crippen LogP) is 0.603. The van der Waals surface area contributed by atoms with Gasteiger partial charge in [-0.1, -0.05) is 36.4 Å². The summed E-state index contributed by atoms with van der Waals surface area (Å²) >= 11 is 2.87. The van der Waals surface area contributed by atoms with Crippen LogP contribution in [-0.2, 0) is 35.9 Å². The quantitative estimate of drug-likeness (QED) is 0.360. The molecule has 0 atom stereocenters. The molecule has 10 heteroatoms. The van der Waals surface area contributed by atoms with Gasteiger partial charge in [-0.05, 0) is 32.8 Å². The molecule has 6 nitrogen and oxygen atoms in total. The molecule has 3 aromatic rings. The average Bonchev–Trinajstić information content (AvgIpc) is 3.32. The molecule has 0 fully saturated rings. The van der Waals surface area contributed by atoms with Crippen LogP contribution in [0, 0.1) is 0 Å². The topological polar surface area (TPSA) is 99.4 Å². The summed E-state index contributed by atoms with van der Waals surface area (Å²) in [5, 5.41) is 40.8. The molecular weight excluding hydrogens is 398 g/mol. The fourth-order valence-electron chi connectivity index (χ4n) is 2.65. The molecule has 2 aromatic heterocycles. The lowest BCUT2D eigenvalue weighted by molar-refractivity contribution is 0.107. The summed E-state index contributed by atoms with van der Waals surface area (Å²) in [5.74, 6) is 0. The Kier molecular flexibility index (Phi) is 7.83. The molecule has 4 N–H and O–H groups in total. The Morgan fingerprint density at radius 1 is 0.607 bits per heavy atom. The van der Waals surface area contributed by atoms with Crippen LogP contribution >= 0.6 is 22.7 Å². The van der Waals surface area contributed by atoms with Crippen molar-refractivity contribution in [3.63, 3.8) is 0 Å². The van der Waals surface area contributed by atoms with Gasteiger partial charge in [0.1, 0.15) is 0 Å². The Labute approximate surface area is 171 Å². The van der Waals surface area contributed by atoms with E-state index in [2.05, 4.69) is 0 Å². The van der Waals surface area contributed by atoms with Crippen molar-refractivity contribution in [2.45, 2.75) is 26.4 Å². The van der Waals surface area contributed by atoms with E-state index in [1.165, 1.54) is 22.7 Å². The van der Waals surface area contributed by atoms with E-state index in [9.17, 15) is 20.1 Å². The van der Waals surface area contributed by atoms with Crippen molar-refractivity contribution in [2.24, 2.45) is 0 Å². The lowest BCUT2D eigenvalue weighted by atomic mass is 9.81. The Morgan fingerprint density at radius 3 is 1.36 bits per heavy atom. The normalized spacial score (nSPS) is 11.0. The highest BCUT2D eigenvalue weighted by Crippen LogP contribution is 2.13. The number of benzene rings is 1. The van der Waals surface area contributed by atoms with Gasteiger partial charge in [-0.2, -0.15) is 0 Å². The third kappa shape index (κ3) is 5.76. The van der Waals surface area contributed by atoms with Crippen LogP contribution in [0.15, 0.2) is 47.2 Å². The highest BCUT2D eigenvalue weighted by atomic mass is 32.1. The largest absolute Gasteiger partial charge is 0.489 e. The molecule has 0 radical (unpaired) electrons. The van der Waals surface area contributed by atoms with E-state index in [0.717, 1.165) is 20.9 Å². The van der Waals surface area contributed by atoms with Crippen molar-refractivity contribution >= 4 is 47.8 Å². The fourth-order valence-corrected chi connectivity index (χ4v) is 4.33. The van der Waals surface area contributed by atoms with E-state index in [-0.39, 0.29) is 0 Å². The number of ether oxygens (including phenoxy) is 2. The third-order valence-electron chi connectivity index (χ3n) is 4.14. The van der Waals surface area contributed by atoms with E-state index in [1.54, 1.807) is 12.1 Å². The Bertz CT molecular complexity index is 792. The van der Waals surface area contributed by atoms with Gasteiger partial charge < -0.3 is 29.6 Å². The molecule has 0 spiro atoms. The summed E-state index contributed by atoms with van der Waals surface area (Å²) in [6, 6.07) is 11.2. The van der Waals surface area contributed by atoms with Crippen molar-refractivity contribution in [3.05, 3.63) is 68.0 Å². The zero-order chi connectivity index (χ0) is 19.9. The lowest BCUT2D eigenvalue weighted by Gasteiger charge is -2.08. The lowest BCUT2D eigenvalue weighted by Crippen LogP contribution is -2.31. The van der Waals surface area contributed by atoms with E-state index in [1.807, 2.05) is 35.0 Å². The summed E-state index contributed by atoms with van der Waals surface area (Å²) in [5.41, 5.74) is 2.99. The number of thiophene rings is 2. The van der Waals surface area contributed by atoms with Crippen molar-refractivity contribution in [3.8, 4) is 0 Å². The molecule has 0 saturated carbocycles. The zero-order valence-corrected chi connectivity index (χ0v) is 16.7. The summed E-state index contributed by atoms with van der Waals surface area (Å²) in [4.78, 5) is 1.61. The maximum atomic E-state index is 9.28. The molecule has 0 amide bonds. The highest BCUT2D eigenvalue weighted by molar-refractivity contribution is 7.11. The van der Waals surface area contributed by atoms with Crippen molar-refractivity contribution in [2.75, 3.05) is 0 Å². The predicted molar refractivity (Wildman–Crippen MR) is 112 cm³/mol. The second-order valence-corrected chi connectivity index (χ2v) is 8.15. The summed E-state index contributed by atoms with van der Waals surface area (Å²) < 4.78 is 11.3. The first-order valence-electron chi connectivity index (χ1n) is 8.62. The van der Waals surface area contributed by atoms with Gasteiger partial charge in [0, 0.05) is 9.75 Å². The molecule has 0 bridgehead atoms. The minimum Gasteiger partial charge on any atom is -0.423 e. The van der Waals surface area contributed by atoms with E-state index < -0.39 is 14.2 Å². The molecule has 0 aliphatic carbocycles. The highest BCUT2D eigenvalue weighted by Gasteiger charge is 2.17. The molecule has 0 aliphatic heterocycles. The Hall–Kier alpha value is -1.49. The van der Waals surface area contributed by atoms with Crippen LogP contribution in [0.5, 0.6) is 0 Å². The molecule has 0 unspecified atom stereocenters. The molecule has 1 aromatic carbocycles. The van der Waals surface area contributed by atoms with Gasteiger partial charge in [0.2, 0.25) is 0 Å². The first-order valence-corrected chi connectivity index (χ1v) is 10.4. The van der Waals surface area contributed by atoms with Crippen molar-refractivity contribution in [1.29, 1.82) is 0 Å². The van der Waals surface area contributed by atoms with Crippen LogP contribution in [-0.4, -0.2) is 34.3 Å². The fraction of sp³-hybridized carbons (Fsp3) is 0.222. The molecule has 28 heavy (non-hydrogen) atoms. The van der Waals surface area contributed by atoms with Crippen LogP contribution in [0.4, 0.5) is 0 Å². The van der Waals surface area contributed by atoms with Gasteiger partial charge in [-0.3, -0.25) is 0 Å². The summed E-state index contributed by atoms with van der Waals surface area (Å²) in [7, 11) is -2.95. The van der Waals surface area contributed by atoms with Crippen LogP contribution in [0.2, 0.25) is 0 Å². The van der Waals surface area contributed by atoms with Crippen molar-refractivity contribution in [1.82, 2.24) is 0 Å². The van der Waals surface area contributed by atoms with E-state index in [0.29, 0.717) is 37.4 Å². The number of hydrogen-bond donors (Lipinski definition) is 4. The molecule has 146 valence electrons. The Morgan fingerprint density at radius 2 is 1.00 bits per heavy atom. The van der Waals surface area contributed by atoms with Gasteiger partial charge in [0.15, 0.2) is 0 Å². The van der Waals surface area contributed by atoms with Crippen LogP contribution in [0.3, 0.4) is 0 Å². The maximum absolute atomic E-state index is 9.28. The minimum absolute atomic E-state index is 0.329. The molecule has 2 heterocycles. The SMILES string of the molecule is OB(O)c1ccsc1COCc1ccc(COCc2sccc2B(O)O)cc1. The van der Waals surface area contributed by atoms with Crippen LogP contribution in [0.1, 0.15) is 20.9 Å². The van der Waals surface area contributed by atoms with E-state index >= 15 is 0 Å². The standard InChI is InChI=1S/C18H20B2O6S2/c21-19(22)15-5-7-27-17(15)11-25-9-13-1-2-14(4-3-13)10-26-12-18-16(20(23)24)6-8-28-18/h1-8,21-24H,9-12H2. The smallest absolute Gasteiger partial charge is 0.423 e. The van der Waals surface area contributed by atoms with Crippen molar-refractivity contribution < 1.29 is 29.6 Å². The summed E-state index contributed by atoms with van der Waals surface area (Å²) in [6.45, 7) is 1.50. The van der Waals surface area contributed by atoms with Crippen LogP contribution in [0.25, 0.3) is 0 Å². The van der Waals surface area contributed by atoms with Gasteiger partial charge in [-0.25, -0.2) is 0 Å². The van der Waals surface area contributed by atoms with E-state index in [4.69, 9.17) is 9.47 Å². The zero-order valence-electron chi connectivity index (χ0n) is 15.0. The number of hydrogen-bond acceptors (Lipinski definition) is 8. The van der Waals surface area contributed by atoms with Gasteiger partial charge in [0.05, 0.1) is 26.4 Å². The molecule has 0 aliphatic rings. The van der Waals surface area contributed by atoms with Gasteiger partial charge in [0.25, 0.3) is 0 Å². The van der Waals surface area contributed by atoms with Gasteiger partial charge in [-0.15, -0.1) is 22.7 Å². The minimum atomic E-state index is -1.48. The van der Waals surface area contributed by atoms with Gasteiger partial charge >= 0.3 is 14.2 Å². The maximum Gasteiger partial charge on any atom is 0.489 e.